The molecule has 156 valence electrons. The van der Waals surface area contributed by atoms with Crippen LogP contribution in [0.5, 0.6) is 5.75 Å². The molecule has 1 amide bonds. The Balaban J connectivity index is 0.00000300. The molecular formula is C21H22ClF3N2O2. The summed E-state index contributed by atoms with van der Waals surface area (Å²) in [6, 6.07) is 12.1. The fraction of sp³-hybridized carbons (Fsp3) is 0.286. The number of benzene rings is 2. The van der Waals surface area contributed by atoms with E-state index in [-0.39, 0.29) is 48.8 Å². The number of halogens is 4. The van der Waals surface area contributed by atoms with Crippen molar-refractivity contribution in [1.82, 2.24) is 4.90 Å². The maximum atomic E-state index is 13.1. The number of hydrogen-bond donors (Lipinski definition) is 1. The van der Waals surface area contributed by atoms with E-state index in [9.17, 15) is 18.0 Å². The van der Waals surface area contributed by atoms with Crippen LogP contribution in [0.2, 0.25) is 0 Å². The fourth-order valence-electron chi connectivity index (χ4n) is 3.37. The average Bonchev–Trinajstić information content (AvgIpc) is 3.07. The maximum absolute atomic E-state index is 13.1. The van der Waals surface area contributed by atoms with Gasteiger partial charge in [-0.1, -0.05) is 43.0 Å². The molecule has 2 aromatic carbocycles. The first-order valence-electron chi connectivity index (χ1n) is 8.86. The highest BCUT2D eigenvalue weighted by atomic mass is 35.5. The lowest BCUT2D eigenvalue weighted by Gasteiger charge is -2.20. The molecule has 0 bridgehead atoms. The Hall–Kier alpha value is -2.51. The summed E-state index contributed by atoms with van der Waals surface area (Å²) in [5, 5.41) is 0. The molecule has 2 atom stereocenters. The number of ether oxygens (including phenoxy) is 1. The van der Waals surface area contributed by atoms with Crippen LogP contribution in [0.3, 0.4) is 0 Å². The summed E-state index contributed by atoms with van der Waals surface area (Å²) < 4.78 is 44.8. The normalized spacial score (nSPS) is 18.8. The number of nitrogens with zero attached hydrogens (tertiary/aromatic N) is 1. The van der Waals surface area contributed by atoms with Crippen molar-refractivity contribution in [2.24, 2.45) is 5.73 Å². The number of carbonyl (C=O) groups excluding carboxylic acids is 1. The molecule has 2 N–H and O–H groups in total. The molecule has 0 radical (unpaired) electrons. The van der Waals surface area contributed by atoms with Crippen LogP contribution in [-0.4, -0.2) is 36.5 Å². The second-order valence-corrected chi connectivity index (χ2v) is 6.70. The van der Waals surface area contributed by atoms with E-state index in [1.807, 2.05) is 30.3 Å². The highest BCUT2D eigenvalue weighted by Gasteiger charge is 2.37. The third-order valence-electron chi connectivity index (χ3n) is 4.77. The Morgan fingerprint density at radius 1 is 1.21 bits per heavy atom. The summed E-state index contributed by atoms with van der Waals surface area (Å²) in [5.41, 5.74) is 6.19. The SMILES string of the molecule is C=CCOc1ccc(C(F)(F)F)cc1C(=O)N1C[C@@H](N)[C@H](c2ccccc2)C1.Cl. The van der Waals surface area contributed by atoms with Gasteiger partial charge in [0.1, 0.15) is 12.4 Å². The first-order chi connectivity index (χ1) is 13.3. The van der Waals surface area contributed by atoms with Gasteiger partial charge in [0.2, 0.25) is 0 Å². The van der Waals surface area contributed by atoms with E-state index in [4.69, 9.17) is 10.5 Å². The Morgan fingerprint density at radius 3 is 2.52 bits per heavy atom. The molecule has 0 unspecified atom stereocenters. The van der Waals surface area contributed by atoms with Crippen molar-refractivity contribution in [3.8, 4) is 5.75 Å². The van der Waals surface area contributed by atoms with Gasteiger partial charge < -0.3 is 15.4 Å². The van der Waals surface area contributed by atoms with Crippen LogP contribution < -0.4 is 10.5 Å². The van der Waals surface area contributed by atoms with Gasteiger partial charge in [0.25, 0.3) is 5.91 Å². The molecule has 4 nitrogen and oxygen atoms in total. The van der Waals surface area contributed by atoms with Gasteiger partial charge in [0.05, 0.1) is 11.1 Å². The molecule has 3 rings (SSSR count). The van der Waals surface area contributed by atoms with Crippen LogP contribution >= 0.6 is 12.4 Å². The second-order valence-electron chi connectivity index (χ2n) is 6.70. The molecular weight excluding hydrogens is 405 g/mol. The van der Waals surface area contributed by atoms with E-state index < -0.39 is 17.6 Å². The van der Waals surface area contributed by atoms with Crippen molar-refractivity contribution in [1.29, 1.82) is 0 Å². The van der Waals surface area contributed by atoms with E-state index in [1.54, 1.807) is 0 Å². The molecule has 1 saturated heterocycles. The first-order valence-corrected chi connectivity index (χ1v) is 8.86. The number of rotatable bonds is 5. The zero-order valence-electron chi connectivity index (χ0n) is 15.6. The number of carbonyl (C=O) groups is 1. The first kappa shape index (κ1) is 22.8. The Morgan fingerprint density at radius 2 is 1.90 bits per heavy atom. The van der Waals surface area contributed by atoms with Gasteiger partial charge in [-0.25, -0.2) is 0 Å². The third kappa shape index (κ3) is 5.10. The van der Waals surface area contributed by atoms with Gasteiger partial charge in [-0.15, -0.1) is 12.4 Å². The standard InChI is InChI=1S/C21H21F3N2O2.ClH/c1-2-10-28-19-9-8-15(21(22,23)24)11-16(19)20(27)26-12-17(18(25)13-26)14-6-4-3-5-7-14;/h2-9,11,17-18H,1,10,12-13,25H2;1H/t17-,18+;/m0./s1. The molecule has 0 aliphatic carbocycles. The summed E-state index contributed by atoms with van der Waals surface area (Å²) in [4.78, 5) is 14.5. The van der Waals surface area contributed by atoms with Crippen molar-refractivity contribution < 1.29 is 22.7 Å². The Labute approximate surface area is 173 Å². The third-order valence-corrected chi connectivity index (χ3v) is 4.77. The predicted octanol–water partition coefficient (Wildman–Crippen LogP) is 4.26. The zero-order chi connectivity index (χ0) is 20.3. The van der Waals surface area contributed by atoms with E-state index >= 15 is 0 Å². The molecule has 1 aliphatic heterocycles. The predicted molar refractivity (Wildman–Crippen MR) is 107 cm³/mol. The van der Waals surface area contributed by atoms with E-state index in [0.29, 0.717) is 6.54 Å². The van der Waals surface area contributed by atoms with Crippen LogP contribution in [0.4, 0.5) is 13.2 Å². The lowest BCUT2D eigenvalue weighted by atomic mass is 9.95. The van der Waals surface area contributed by atoms with Crippen LogP contribution in [-0.2, 0) is 6.18 Å². The molecule has 1 heterocycles. The largest absolute Gasteiger partial charge is 0.489 e. The minimum Gasteiger partial charge on any atom is -0.489 e. The highest BCUT2D eigenvalue weighted by Crippen LogP contribution is 2.34. The molecule has 1 fully saturated rings. The second kappa shape index (κ2) is 9.33. The summed E-state index contributed by atoms with van der Waals surface area (Å²) in [5.74, 6) is -0.512. The summed E-state index contributed by atoms with van der Waals surface area (Å²) in [6.07, 6.45) is -3.09. The molecule has 0 spiro atoms. The molecule has 0 saturated carbocycles. The van der Waals surface area contributed by atoms with Gasteiger partial charge in [0.15, 0.2) is 0 Å². The molecule has 0 aromatic heterocycles. The lowest BCUT2D eigenvalue weighted by Crippen LogP contribution is -2.32. The maximum Gasteiger partial charge on any atom is 0.416 e. The number of amides is 1. The summed E-state index contributed by atoms with van der Waals surface area (Å²) >= 11 is 0. The number of likely N-dealkylation sites (tertiary alicyclic amines) is 1. The summed E-state index contributed by atoms with van der Waals surface area (Å²) in [7, 11) is 0. The summed E-state index contributed by atoms with van der Waals surface area (Å²) in [6.45, 7) is 4.20. The van der Waals surface area contributed by atoms with Crippen LogP contribution in [0.1, 0.15) is 27.4 Å². The quantitative estimate of drug-likeness (QED) is 0.727. The van der Waals surface area contributed by atoms with Gasteiger partial charge in [-0.05, 0) is 23.8 Å². The zero-order valence-corrected chi connectivity index (χ0v) is 16.4. The van der Waals surface area contributed by atoms with E-state index in [2.05, 4.69) is 6.58 Å². The van der Waals surface area contributed by atoms with Gasteiger partial charge in [-0.2, -0.15) is 13.2 Å². The van der Waals surface area contributed by atoms with Crippen molar-refractivity contribution in [3.05, 3.63) is 77.9 Å². The molecule has 8 heteroatoms. The fourth-order valence-corrected chi connectivity index (χ4v) is 3.37. The van der Waals surface area contributed by atoms with Crippen LogP contribution in [0.25, 0.3) is 0 Å². The number of nitrogens with two attached hydrogens (primary N) is 1. The number of alkyl halides is 3. The minimum atomic E-state index is -4.56. The molecule has 1 aliphatic rings. The van der Waals surface area contributed by atoms with Crippen molar-refractivity contribution in [2.45, 2.75) is 18.1 Å². The number of hydrogen-bond acceptors (Lipinski definition) is 3. The van der Waals surface area contributed by atoms with E-state index in [1.165, 1.54) is 17.0 Å². The minimum absolute atomic E-state index is 0. The Bertz CT molecular complexity index is 859. The average molecular weight is 427 g/mol. The smallest absolute Gasteiger partial charge is 0.416 e. The van der Waals surface area contributed by atoms with E-state index in [0.717, 1.165) is 17.7 Å². The Kier molecular flexibility index (Phi) is 7.32. The topological polar surface area (TPSA) is 55.6 Å². The van der Waals surface area contributed by atoms with Gasteiger partial charge >= 0.3 is 6.18 Å². The molecule has 29 heavy (non-hydrogen) atoms. The lowest BCUT2D eigenvalue weighted by molar-refractivity contribution is -0.137. The van der Waals surface area contributed by atoms with Gasteiger partial charge in [0, 0.05) is 25.0 Å². The molecule has 2 aromatic rings. The van der Waals surface area contributed by atoms with Crippen molar-refractivity contribution in [2.75, 3.05) is 19.7 Å². The van der Waals surface area contributed by atoms with Crippen LogP contribution in [0, 0.1) is 0 Å². The van der Waals surface area contributed by atoms with Crippen molar-refractivity contribution >= 4 is 18.3 Å². The van der Waals surface area contributed by atoms with Gasteiger partial charge in [-0.3, -0.25) is 4.79 Å². The van der Waals surface area contributed by atoms with Crippen LogP contribution in [0.15, 0.2) is 61.2 Å². The monoisotopic (exact) mass is 426 g/mol. The van der Waals surface area contributed by atoms with Crippen molar-refractivity contribution in [3.63, 3.8) is 0 Å². The highest BCUT2D eigenvalue weighted by molar-refractivity contribution is 5.97.